The molecule has 0 atom stereocenters. The number of likely N-dealkylation sites (tertiary alicyclic amines) is 1. The Morgan fingerprint density at radius 3 is 2.09 bits per heavy atom. The summed E-state index contributed by atoms with van der Waals surface area (Å²) in [5.41, 5.74) is 13.9. The lowest BCUT2D eigenvalue weighted by atomic mass is 10.0. The molecule has 236 valence electrons. The predicted octanol–water partition coefficient (Wildman–Crippen LogP) is 6.21. The molecule has 44 heavy (non-hydrogen) atoms. The van der Waals surface area contributed by atoms with Crippen LogP contribution in [-0.2, 0) is 16.6 Å². The minimum absolute atomic E-state index is 0. The smallest absolute Gasteiger partial charge is 0.264 e. The van der Waals surface area contributed by atoms with Crippen LogP contribution in [0.3, 0.4) is 0 Å². The zero-order chi connectivity index (χ0) is 29.1. The summed E-state index contributed by atoms with van der Waals surface area (Å²) in [7, 11) is -3.94. The van der Waals surface area contributed by atoms with E-state index >= 15 is 0 Å². The van der Waals surface area contributed by atoms with Gasteiger partial charge in [0.2, 0.25) is 0 Å². The standard InChI is InChI=1S/C31H34N6O3S.3ClH/c1-21(32)36-16-14-29(15-17-36)40-28-10-8-27(9-11-28)37(41(38,39)30-12-6-26(33)7-13-30)20-22-2-3-23-4-5-24(31(34)35)19-25(23)18-22;;;/h2-13,18-19,29,32H,14-17,20,33H2,1H3,(H3,34,35);3*1H. The van der Waals surface area contributed by atoms with Crippen LogP contribution in [0.2, 0.25) is 0 Å². The zero-order valence-corrected chi connectivity index (χ0v) is 27.4. The Morgan fingerprint density at radius 1 is 0.886 bits per heavy atom. The number of nitrogens with two attached hydrogens (primary N) is 2. The van der Waals surface area contributed by atoms with Crippen LogP contribution in [-0.4, -0.2) is 44.2 Å². The number of nitrogen functional groups attached to an aromatic ring is 2. The van der Waals surface area contributed by atoms with Gasteiger partial charge < -0.3 is 21.1 Å². The van der Waals surface area contributed by atoms with Crippen LogP contribution < -0.4 is 20.5 Å². The van der Waals surface area contributed by atoms with E-state index in [-0.39, 0.29) is 60.6 Å². The third-order valence-corrected chi connectivity index (χ3v) is 9.14. The van der Waals surface area contributed by atoms with Crippen molar-refractivity contribution in [3.05, 3.63) is 96.1 Å². The first-order valence-corrected chi connectivity index (χ1v) is 14.9. The molecule has 5 rings (SSSR count). The molecule has 0 radical (unpaired) electrons. The number of halogens is 3. The van der Waals surface area contributed by atoms with Crippen molar-refractivity contribution in [3.8, 4) is 5.75 Å². The molecule has 1 aliphatic heterocycles. The molecule has 9 nitrogen and oxygen atoms in total. The van der Waals surface area contributed by atoms with Gasteiger partial charge >= 0.3 is 0 Å². The summed E-state index contributed by atoms with van der Waals surface area (Å²) < 4.78 is 35.4. The van der Waals surface area contributed by atoms with E-state index < -0.39 is 10.0 Å². The summed E-state index contributed by atoms with van der Waals surface area (Å²) in [6.07, 6.45) is 1.69. The number of amidine groups is 2. The molecule has 1 aliphatic rings. The van der Waals surface area contributed by atoms with Crippen LogP contribution in [0.15, 0.2) is 89.8 Å². The molecule has 13 heteroatoms. The number of hydrogen-bond donors (Lipinski definition) is 4. The monoisotopic (exact) mass is 678 g/mol. The largest absolute Gasteiger partial charge is 0.490 e. The second-order valence-electron chi connectivity index (χ2n) is 10.3. The normalized spacial score (nSPS) is 13.2. The highest BCUT2D eigenvalue weighted by atomic mass is 35.5. The highest BCUT2D eigenvalue weighted by molar-refractivity contribution is 7.92. The number of ether oxygens (including phenoxy) is 1. The van der Waals surface area contributed by atoms with E-state index in [0.717, 1.165) is 42.3 Å². The number of anilines is 2. The van der Waals surface area contributed by atoms with E-state index in [4.69, 9.17) is 27.0 Å². The number of rotatable bonds is 8. The number of sulfonamides is 1. The number of nitrogens with zero attached hydrogens (tertiary/aromatic N) is 2. The summed E-state index contributed by atoms with van der Waals surface area (Å²) in [6, 6.07) is 24.6. The molecule has 6 N–H and O–H groups in total. The van der Waals surface area contributed by atoms with Gasteiger partial charge in [0.15, 0.2) is 0 Å². The molecule has 4 aromatic carbocycles. The molecule has 0 unspecified atom stereocenters. The molecular weight excluding hydrogens is 643 g/mol. The molecule has 1 saturated heterocycles. The van der Waals surface area contributed by atoms with Crippen molar-refractivity contribution in [2.45, 2.75) is 37.3 Å². The minimum atomic E-state index is -3.94. The molecule has 0 aliphatic carbocycles. The summed E-state index contributed by atoms with van der Waals surface area (Å²) in [4.78, 5) is 2.18. The van der Waals surface area contributed by atoms with Crippen LogP contribution in [0.25, 0.3) is 10.8 Å². The van der Waals surface area contributed by atoms with Crippen molar-refractivity contribution in [3.63, 3.8) is 0 Å². The number of hydrogen-bond acceptors (Lipinski definition) is 6. The van der Waals surface area contributed by atoms with Gasteiger partial charge in [0.05, 0.1) is 23.0 Å². The Labute approximate surface area is 276 Å². The van der Waals surface area contributed by atoms with Crippen molar-refractivity contribution in [1.29, 1.82) is 10.8 Å². The van der Waals surface area contributed by atoms with E-state index in [0.29, 0.717) is 28.5 Å². The van der Waals surface area contributed by atoms with Gasteiger partial charge in [-0.15, -0.1) is 37.2 Å². The summed E-state index contributed by atoms with van der Waals surface area (Å²) in [5, 5.41) is 17.4. The Hall–Kier alpha value is -3.70. The van der Waals surface area contributed by atoms with E-state index in [1.54, 1.807) is 49.4 Å². The number of piperidine rings is 1. The second kappa shape index (κ2) is 15.3. The van der Waals surface area contributed by atoms with Crippen LogP contribution >= 0.6 is 37.2 Å². The lowest BCUT2D eigenvalue weighted by Crippen LogP contribution is -2.40. The Balaban J connectivity index is 0.00000225. The maximum atomic E-state index is 13.9. The molecule has 0 spiro atoms. The van der Waals surface area contributed by atoms with Gasteiger partial charge in [-0.05, 0) is 83.9 Å². The average molecular weight is 680 g/mol. The van der Waals surface area contributed by atoms with Gasteiger partial charge in [0.1, 0.15) is 17.7 Å². The molecule has 0 aromatic heterocycles. The Morgan fingerprint density at radius 2 is 1.50 bits per heavy atom. The number of nitrogens with one attached hydrogen (secondary N) is 2. The first-order valence-electron chi connectivity index (χ1n) is 13.4. The van der Waals surface area contributed by atoms with Crippen molar-refractivity contribution in [2.75, 3.05) is 23.1 Å². The Bertz CT molecular complexity index is 1700. The van der Waals surface area contributed by atoms with Crippen LogP contribution in [0.4, 0.5) is 11.4 Å². The van der Waals surface area contributed by atoms with Gasteiger partial charge in [0.25, 0.3) is 10.0 Å². The lowest BCUT2D eigenvalue weighted by molar-refractivity contribution is 0.130. The molecule has 0 amide bonds. The van der Waals surface area contributed by atoms with Crippen molar-refractivity contribution >= 4 is 81.1 Å². The maximum Gasteiger partial charge on any atom is 0.264 e. The molecule has 1 fully saturated rings. The molecule has 1 heterocycles. The van der Waals surface area contributed by atoms with Crippen LogP contribution in [0, 0.1) is 10.8 Å². The van der Waals surface area contributed by atoms with Crippen molar-refractivity contribution < 1.29 is 13.2 Å². The summed E-state index contributed by atoms with van der Waals surface area (Å²) >= 11 is 0. The SMILES string of the molecule is CC(=N)N1CCC(Oc2ccc(N(Cc3ccc4ccc(C(=N)N)cc4c3)S(=O)(=O)c3ccc(N)cc3)cc2)CC1.Cl.Cl.Cl. The number of benzene rings is 4. The van der Waals surface area contributed by atoms with Gasteiger partial charge in [-0.3, -0.25) is 15.1 Å². The maximum absolute atomic E-state index is 13.9. The van der Waals surface area contributed by atoms with E-state index in [1.807, 2.05) is 35.2 Å². The second-order valence-corrected chi connectivity index (χ2v) is 12.1. The van der Waals surface area contributed by atoms with Gasteiger partial charge in [0, 0.05) is 37.2 Å². The third-order valence-electron chi connectivity index (χ3n) is 7.35. The lowest BCUT2D eigenvalue weighted by Gasteiger charge is -2.33. The predicted molar refractivity (Wildman–Crippen MR) is 186 cm³/mol. The van der Waals surface area contributed by atoms with E-state index in [1.165, 1.54) is 16.4 Å². The first kappa shape index (κ1) is 36.5. The third kappa shape index (κ3) is 8.26. The van der Waals surface area contributed by atoms with E-state index in [9.17, 15) is 8.42 Å². The fourth-order valence-electron chi connectivity index (χ4n) is 5.00. The quantitative estimate of drug-likeness (QED) is 0.0989. The highest BCUT2D eigenvalue weighted by Gasteiger charge is 2.26. The molecular formula is C31H37Cl3N6O3S. The molecule has 4 aromatic rings. The van der Waals surface area contributed by atoms with Crippen molar-refractivity contribution in [1.82, 2.24) is 4.90 Å². The van der Waals surface area contributed by atoms with Gasteiger partial charge in [-0.1, -0.05) is 24.3 Å². The van der Waals surface area contributed by atoms with E-state index in [2.05, 4.69) is 0 Å². The van der Waals surface area contributed by atoms with Crippen LogP contribution in [0.1, 0.15) is 30.9 Å². The average Bonchev–Trinajstić information content (AvgIpc) is 2.96. The van der Waals surface area contributed by atoms with Gasteiger partial charge in [-0.2, -0.15) is 0 Å². The fraction of sp³-hybridized carbons (Fsp3) is 0.226. The minimum Gasteiger partial charge on any atom is -0.490 e. The van der Waals surface area contributed by atoms with Crippen LogP contribution in [0.5, 0.6) is 5.75 Å². The number of fused-ring (bicyclic) bond motifs is 1. The topological polar surface area (TPSA) is 150 Å². The molecule has 0 saturated carbocycles. The Kier molecular flexibility index (Phi) is 12.7. The highest BCUT2D eigenvalue weighted by Crippen LogP contribution is 2.30. The summed E-state index contributed by atoms with van der Waals surface area (Å²) in [6.45, 7) is 3.46. The van der Waals surface area contributed by atoms with Crippen molar-refractivity contribution in [2.24, 2.45) is 5.73 Å². The first-order chi connectivity index (χ1) is 19.6. The zero-order valence-electron chi connectivity index (χ0n) is 24.1. The summed E-state index contributed by atoms with van der Waals surface area (Å²) in [5.74, 6) is 1.22. The fourth-order valence-corrected chi connectivity index (χ4v) is 6.46. The molecule has 0 bridgehead atoms. The van der Waals surface area contributed by atoms with Gasteiger partial charge in [-0.25, -0.2) is 8.42 Å².